The Morgan fingerprint density at radius 3 is 2.88 bits per heavy atom. The first-order valence-electron chi connectivity index (χ1n) is 8.44. The summed E-state index contributed by atoms with van der Waals surface area (Å²) in [4.78, 5) is 7.04. The molecule has 7 heteroatoms. The van der Waals surface area contributed by atoms with Gasteiger partial charge in [-0.1, -0.05) is 18.2 Å². The summed E-state index contributed by atoms with van der Waals surface area (Å²) in [5, 5.41) is 14.8. The van der Waals surface area contributed by atoms with Crippen LogP contribution >= 0.6 is 0 Å². The number of rotatable bonds is 5. The molecular formula is C17H25N7. The quantitative estimate of drug-likeness (QED) is 0.637. The number of guanidine groups is 1. The van der Waals surface area contributed by atoms with Gasteiger partial charge in [-0.2, -0.15) is 0 Å². The van der Waals surface area contributed by atoms with Crippen molar-refractivity contribution in [2.75, 3.05) is 24.5 Å². The minimum absolute atomic E-state index is 0.391. The van der Waals surface area contributed by atoms with Crippen molar-refractivity contribution in [2.45, 2.75) is 25.9 Å². The van der Waals surface area contributed by atoms with Crippen molar-refractivity contribution in [2.24, 2.45) is 12.0 Å². The number of para-hydroxylation sites is 1. The van der Waals surface area contributed by atoms with Gasteiger partial charge in [0.2, 0.25) is 0 Å². The smallest absolute Gasteiger partial charge is 0.191 e. The van der Waals surface area contributed by atoms with Gasteiger partial charge in [0.1, 0.15) is 12.9 Å². The molecule has 1 aliphatic heterocycles. The second-order valence-corrected chi connectivity index (χ2v) is 5.96. The van der Waals surface area contributed by atoms with E-state index in [1.54, 1.807) is 6.33 Å². The standard InChI is InChI=1S/C17H25N7/c1-3-18-17(19-11-16-22-20-13-23(16)2)21-14-9-10-24(12-14)15-7-5-4-6-8-15/h4-8,13-14H,3,9-12H2,1-2H3,(H2,18,19,21). The molecule has 1 saturated heterocycles. The number of aromatic nitrogens is 3. The van der Waals surface area contributed by atoms with Crippen LogP contribution in [0.4, 0.5) is 5.69 Å². The molecule has 3 rings (SSSR count). The van der Waals surface area contributed by atoms with E-state index in [4.69, 9.17) is 0 Å². The second-order valence-electron chi connectivity index (χ2n) is 5.96. The molecule has 0 spiro atoms. The number of anilines is 1. The third-order valence-corrected chi connectivity index (χ3v) is 4.18. The summed E-state index contributed by atoms with van der Waals surface area (Å²) < 4.78 is 1.89. The molecule has 7 nitrogen and oxygen atoms in total. The number of nitrogens with one attached hydrogen (secondary N) is 2. The van der Waals surface area contributed by atoms with Crippen LogP contribution in [0.2, 0.25) is 0 Å². The molecule has 2 heterocycles. The number of aryl methyl sites for hydroxylation is 1. The highest BCUT2D eigenvalue weighted by atomic mass is 15.3. The topological polar surface area (TPSA) is 70.4 Å². The van der Waals surface area contributed by atoms with Crippen molar-refractivity contribution in [3.63, 3.8) is 0 Å². The second kappa shape index (κ2) is 7.81. The van der Waals surface area contributed by atoms with Crippen LogP contribution in [0.15, 0.2) is 41.7 Å². The van der Waals surface area contributed by atoms with Gasteiger partial charge >= 0.3 is 0 Å². The molecule has 0 amide bonds. The van der Waals surface area contributed by atoms with Crippen LogP contribution in [-0.4, -0.2) is 46.4 Å². The third-order valence-electron chi connectivity index (χ3n) is 4.18. The Kier molecular flexibility index (Phi) is 5.30. The van der Waals surface area contributed by atoms with Crippen LogP contribution in [-0.2, 0) is 13.6 Å². The summed E-state index contributed by atoms with van der Waals surface area (Å²) in [5.41, 5.74) is 1.28. The summed E-state index contributed by atoms with van der Waals surface area (Å²) in [6.45, 7) is 5.47. The third kappa shape index (κ3) is 4.04. The van der Waals surface area contributed by atoms with E-state index in [2.05, 4.69) is 68.0 Å². The summed E-state index contributed by atoms with van der Waals surface area (Å²) in [5.74, 6) is 1.69. The Morgan fingerprint density at radius 2 is 2.17 bits per heavy atom. The van der Waals surface area contributed by atoms with Gasteiger partial charge < -0.3 is 20.1 Å². The summed E-state index contributed by atoms with van der Waals surface area (Å²) in [7, 11) is 1.93. The van der Waals surface area contributed by atoms with Gasteiger partial charge in [0.15, 0.2) is 11.8 Å². The fraction of sp³-hybridized carbons (Fsp3) is 0.471. The molecule has 1 aliphatic rings. The molecule has 2 N–H and O–H groups in total. The zero-order valence-corrected chi connectivity index (χ0v) is 14.3. The molecule has 24 heavy (non-hydrogen) atoms. The number of aliphatic imine (C=N–C) groups is 1. The lowest BCUT2D eigenvalue weighted by molar-refractivity contribution is 0.647. The maximum atomic E-state index is 4.63. The molecule has 0 saturated carbocycles. The Morgan fingerprint density at radius 1 is 1.33 bits per heavy atom. The molecular weight excluding hydrogens is 302 g/mol. The average molecular weight is 327 g/mol. The van der Waals surface area contributed by atoms with Gasteiger partial charge in [0.25, 0.3) is 0 Å². The highest BCUT2D eigenvalue weighted by Gasteiger charge is 2.23. The molecule has 128 valence electrons. The van der Waals surface area contributed by atoms with Crippen molar-refractivity contribution in [3.8, 4) is 0 Å². The Hall–Kier alpha value is -2.57. The molecule has 1 aromatic carbocycles. The minimum atomic E-state index is 0.391. The Balaban J connectivity index is 1.59. The monoisotopic (exact) mass is 327 g/mol. The van der Waals surface area contributed by atoms with Crippen LogP contribution in [0.5, 0.6) is 0 Å². The predicted octanol–water partition coefficient (Wildman–Crippen LogP) is 1.15. The van der Waals surface area contributed by atoms with Crippen LogP contribution < -0.4 is 15.5 Å². The summed E-state index contributed by atoms with van der Waals surface area (Å²) in [6.07, 6.45) is 2.79. The van der Waals surface area contributed by atoms with Gasteiger partial charge in [-0.15, -0.1) is 10.2 Å². The lowest BCUT2D eigenvalue weighted by Crippen LogP contribution is -2.44. The predicted molar refractivity (Wildman–Crippen MR) is 96.0 cm³/mol. The SMILES string of the molecule is CCNC(=NCc1nncn1C)NC1CCN(c2ccccc2)C1. The van der Waals surface area contributed by atoms with Gasteiger partial charge in [0, 0.05) is 38.4 Å². The van der Waals surface area contributed by atoms with E-state index in [-0.39, 0.29) is 0 Å². The molecule has 1 unspecified atom stereocenters. The van der Waals surface area contributed by atoms with E-state index >= 15 is 0 Å². The van der Waals surface area contributed by atoms with Crippen molar-refractivity contribution in [1.29, 1.82) is 0 Å². The van der Waals surface area contributed by atoms with Crippen LogP contribution in [0.25, 0.3) is 0 Å². The summed E-state index contributed by atoms with van der Waals surface area (Å²) >= 11 is 0. The zero-order chi connectivity index (χ0) is 16.8. The fourth-order valence-electron chi connectivity index (χ4n) is 2.86. The molecule has 1 fully saturated rings. The minimum Gasteiger partial charge on any atom is -0.369 e. The van der Waals surface area contributed by atoms with Gasteiger partial charge in [-0.25, -0.2) is 4.99 Å². The lowest BCUT2D eigenvalue weighted by Gasteiger charge is -2.20. The normalized spacial score (nSPS) is 18.0. The van der Waals surface area contributed by atoms with E-state index in [1.807, 2.05) is 11.6 Å². The number of benzene rings is 1. The molecule has 2 aromatic rings. The van der Waals surface area contributed by atoms with Crippen molar-refractivity contribution in [1.82, 2.24) is 25.4 Å². The van der Waals surface area contributed by atoms with Crippen LogP contribution in [0.1, 0.15) is 19.2 Å². The summed E-state index contributed by atoms with van der Waals surface area (Å²) in [6, 6.07) is 10.9. The Labute approximate surface area is 142 Å². The van der Waals surface area contributed by atoms with Crippen LogP contribution in [0, 0.1) is 0 Å². The van der Waals surface area contributed by atoms with E-state index in [0.717, 1.165) is 37.8 Å². The largest absolute Gasteiger partial charge is 0.369 e. The van der Waals surface area contributed by atoms with E-state index < -0.39 is 0 Å². The maximum absolute atomic E-state index is 4.63. The van der Waals surface area contributed by atoms with Gasteiger partial charge in [-0.05, 0) is 25.5 Å². The van der Waals surface area contributed by atoms with E-state index in [0.29, 0.717) is 12.6 Å². The van der Waals surface area contributed by atoms with E-state index in [1.165, 1.54) is 5.69 Å². The van der Waals surface area contributed by atoms with Crippen molar-refractivity contribution >= 4 is 11.6 Å². The lowest BCUT2D eigenvalue weighted by atomic mass is 10.3. The molecule has 0 aliphatic carbocycles. The first-order valence-corrected chi connectivity index (χ1v) is 8.44. The molecule has 1 atom stereocenters. The first kappa shape index (κ1) is 16.3. The molecule has 0 bridgehead atoms. The average Bonchev–Trinajstić information content (AvgIpc) is 3.23. The first-order chi connectivity index (χ1) is 11.8. The Bertz CT molecular complexity index is 665. The van der Waals surface area contributed by atoms with Crippen molar-refractivity contribution in [3.05, 3.63) is 42.5 Å². The van der Waals surface area contributed by atoms with Crippen LogP contribution in [0.3, 0.4) is 0 Å². The van der Waals surface area contributed by atoms with Gasteiger partial charge in [0.05, 0.1) is 0 Å². The highest BCUT2D eigenvalue weighted by molar-refractivity contribution is 5.80. The highest BCUT2D eigenvalue weighted by Crippen LogP contribution is 2.19. The maximum Gasteiger partial charge on any atom is 0.191 e. The molecule has 1 aromatic heterocycles. The zero-order valence-electron chi connectivity index (χ0n) is 14.3. The number of nitrogens with zero attached hydrogens (tertiary/aromatic N) is 5. The number of hydrogen-bond acceptors (Lipinski definition) is 4. The number of hydrogen-bond donors (Lipinski definition) is 2. The molecule has 0 radical (unpaired) electrons. The van der Waals surface area contributed by atoms with E-state index in [9.17, 15) is 0 Å². The van der Waals surface area contributed by atoms with Crippen molar-refractivity contribution < 1.29 is 0 Å². The fourth-order valence-corrected chi connectivity index (χ4v) is 2.86. The van der Waals surface area contributed by atoms with Gasteiger partial charge in [-0.3, -0.25) is 0 Å².